The van der Waals surface area contributed by atoms with Gasteiger partial charge < -0.3 is 5.11 Å². The molecule has 0 radical (unpaired) electrons. The number of nitrogens with zero attached hydrogens (tertiary/aromatic N) is 4. The molecule has 7 heteroatoms. The summed E-state index contributed by atoms with van der Waals surface area (Å²) < 4.78 is 2.19. The summed E-state index contributed by atoms with van der Waals surface area (Å²) in [5.41, 5.74) is -0.353. The molecule has 0 unspecified atom stereocenters. The first-order chi connectivity index (χ1) is 7.56. The summed E-state index contributed by atoms with van der Waals surface area (Å²) in [6, 6.07) is 0. The molecule has 7 nitrogen and oxygen atoms in total. The monoisotopic (exact) mass is 222 g/mol. The van der Waals surface area contributed by atoms with E-state index in [-0.39, 0.29) is 17.8 Å². The lowest BCUT2D eigenvalue weighted by molar-refractivity contribution is 0.276. The minimum atomic E-state index is -0.491. The average Bonchev–Trinajstić information content (AvgIpc) is 2.33. The topological polar surface area (TPSA) is 90.0 Å². The molecule has 2 aromatic rings. The smallest absolute Gasteiger partial charge is 0.332 e. The Bertz CT molecular complexity index is 671. The van der Waals surface area contributed by atoms with E-state index < -0.39 is 11.2 Å². The van der Waals surface area contributed by atoms with Gasteiger partial charge in [0.25, 0.3) is 5.56 Å². The Morgan fingerprint density at radius 2 is 2.00 bits per heavy atom. The number of aliphatic hydroxyl groups excluding tert-OH is 1. The molecule has 0 aliphatic carbocycles. The fraction of sp³-hybridized carbons (Fsp3) is 0.333. The minimum Gasteiger partial charge on any atom is -0.390 e. The zero-order chi connectivity index (χ0) is 11.9. The van der Waals surface area contributed by atoms with Gasteiger partial charge in [-0.2, -0.15) is 0 Å². The van der Waals surface area contributed by atoms with Gasteiger partial charge in [0.1, 0.15) is 0 Å². The van der Waals surface area contributed by atoms with Gasteiger partial charge >= 0.3 is 5.69 Å². The third-order valence-corrected chi connectivity index (χ3v) is 2.36. The van der Waals surface area contributed by atoms with Gasteiger partial charge in [0.05, 0.1) is 18.5 Å². The Hall–Kier alpha value is -2.02. The van der Waals surface area contributed by atoms with Crippen LogP contribution in [0.25, 0.3) is 11.2 Å². The standard InChI is InChI=1S/C9H10N4O3/c1-12-7-6(8(15)13(2)9(12)16)10-3-5(4-14)11-7/h3,14H,4H2,1-2H3. The molecular formula is C9H10N4O3. The summed E-state index contributed by atoms with van der Waals surface area (Å²) in [6.07, 6.45) is 1.31. The summed E-state index contributed by atoms with van der Waals surface area (Å²) in [4.78, 5) is 31.2. The largest absolute Gasteiger partial charge is 0.390 e. The lowest BCUT2D eigenvalue weighted by Gasteiger charge is -2.06. The fourth-order valence-electron chi connectivity index (χ4n) is 1.44. The van der Waals surface area contributed by atoms with Crippen LogP contribution in [-0.2, 0) is 20.7 Å². The maximum absolute atomic E-state index is 11.7. The van der Waals surface area contributed by atoms with E-state index in [9.17, 15) is 9.59 Å². The van der Waals surface area contributed by atoms with Gasteiger partial charge in [0, 0.05) is 14.1 Å². The van der Waals surface area contributed by atoms with Crippen molar-refractivity contribution in [1.82, 2.24) is 19.1 Å². The third-order valence-electron chi connectivity index (χ3n) is 2.36. The normalized spacial score (nSPS) is 10.9. The summed E-state index contributed by atoms with van der Waals surface area (Å²) in [7, 11) is 2.88. The molecule has 0 aliphatic heterocycles. The van der Waals surface area contributed by atoms with E-state index in [1.165, 1.54) is 24.9 Å². The molecule has 2 heterocycles. The molecule has 0 saturated heterocycles. The van der Waals surface area contributed by atoms with Crippen molar-refractivity contribution in [2.75, 3.05) is 0 Å². The van der Waals surface area contributed by atoms with Crippen LogP contribution in [0.1, 0.15) is 5.69 Å². The Balaban J connectivity index is 3.03. The molecule has 0 aromatic carbocycles. The van der Waals surface area contributed by atoms with Crippen LogP contribution in [0.5, 0.6) is 0 Å². The first-order valence-corrected chi connectivity index (χ1v) is 4.58. The van der Waals surface area contributed by atoms with Crippen molar-refractivity contribution < 1.29 is 5.11 Å². The predicted octanol–water partition coefficient (Wildman–Crippen LogP) is -1.48. The highest BCUT2D eigenvalue weighted by Gasteiger charge is 2.10. The van der Waals surface area contributed by atoms with Crippen LogP contribution in [0.15, 0.2) is 15.8 Å². The van der Waals surface area contributed by atoms with Gasteiger partial charge in [0.15, 0.2) is 11.2 Å². The zero-order valence-electron chi connectivity index (χ0n) is 8.84. The molecule has 0 saturated carbocycles. The van der Waals surface area contributed by atoms with Crippen LogP contribution in [0, 0.1) is 0 Å². The highest BCUT2D eigenvalue weighted by Crippen LogP contribution is 2.01. The fourth-order valence-corrected chi connectivity index (χ4v) is 1.44. The average molecular weight is 222 g/mol. The predicted molar refractivity (Wildman–Crippen MR) is 55.9 cm³/mol. The van der Waals surface area contributed by atoms with E-state index in [2.05, 4.69) is 9.97 Å². The van der Waals surface area contributed by atoms with Crippen LogP contribution in [0.3, 0.4) is 0 Å². The van der Waals surface area contributed by atoms with Crippen molar-refractivity contribution in [1.29, 1.82) is 0 Å². The lowest BCUT2D eigenvalue weighted by atomic mass is 10.4. The van der Waals surface area contributed by atoms with Crippen LogP contribution in [-0.4, -0.2) is 24.2 Å². The molecule has 0 atom stereocenters. The summed E-state index contributed by atoms with van der Waals surface area (Å²) in [6.45, 7) is -0.285. The number of hydrogen-bond donors (Lipinski definition) is 1. The second kappa shape index (κ2) is 3.53. The molecule has 2 aromatic heterocycles. The number of hydrogen-bond acceptors (Lipinski definition) is 5. The quantitative estimate of drug-likeness (QED) is 0.635. The minimum absolute atomic E-state index is 0.113. The van der Waals surface area contributed by atoms with Gasteiger partial charge in [-0.15, -0.1) is 0 Å². The summed E-state index contributed by atoms with van der Waals surface area (Å²) in [5, 5.41) is 8.91. The molecule has 84 valence electrons. The van der Waals surface area contributed by atoms with Gasteiger partial charge in [-0.3, -0.25) is 13.9 Å². The number of aromatic nitrogens is 4. The Morgan fingerprint density at radius 3 is 2.62 bits per heavy atom. The van der Waals surface area contributed by atoms with Crippen LogP contribution < -0.4 is 11.2 Å². The molecule has 0 amide bonds. The maximum Gasteiger partial charge on any atom is 0.332 e. The highest BCUT2D eigenvalue weighted by molar-refractivity contribution is 5.68. The number of aryl methyl sites for hydroxylation is 1. The van der Waals surface area contributed by atoms with Gasteiger partial charge in [0.2, 0.25) is 0 Å². The number of fused-ring (bicyclic) bond motifs is 1. The number of rotatable bonds is 1. The summed E-state index contributed by atoms with van der Waals surface area (Å²) in [5.74, 6) is 0. The molecular weight excluding hydrogens is 212 g/mol. The van der Waals surface area contributed by atoms with Crippen LogP contribution >= 0.6 is 0 Å². The number of aliphatic hydroxyl groups is 1. The molecule has 1 N–H and O–H groups in total. The third kappa shape index (κ3) is 1.33. The summed E-state index contributed by atoms with van der Waals surface area (Å²) >= 11 is 0. The molecule has 0 fully saturated rings. The van der Waals surface area contributed by atoms with Gasteiger partial charge in [-0.05, 0) is 0 Å². The van der Waals surface area contributed by atoms with Gasteiger partial charge in [-0.25, -0.2) is 14.8 Å². The molecule has 0 bridgehead atoms. The van der Waals surface area contributed by atoms with Crippen molar-refractivity contribution in [2.45, 2.75) is 6.61 Å². The first kappa shape index (κ1) is 10.5. The van der Waals surface area contributed by atoms with E-state index in [1.54, 1.807) is 0 Å². The Labute approximate surface area is 89.6 Å². The molecule has 16 heavy (non-hydrogen) atoms. The highest BCUT2D eigenvalue weighted by atomic mass is 16.3. The van der Waals surface area contributed by atoms with Gasteiger partial charge in [-0.1, -0.05) is 0 Å². The van der Waals surface area contributed by atoms with E-state index >= 15 is 0 Å². The molecule has 2 rings (SSSR count). The maximum atomic E-state index is 11.7. The zero-order valence-corrected chi connectivity index (χ0v) is 8.84. The first-order valence-electron chi connectivity index (χ1n) is 4.58. The van der Waals surface area contributed by atoms with Crippen LogP contribution in [0.4, 0.5) is 0 Å². The van der Waals surface area contributed by atoms with E-state index in [0.29, 0.717) is 5.69 Å². The van der Waals surface area contributed by atoms with Crippen molar-refractivity contribution in [3.63, 3.8) is 0 Å². The molecule has 0 aliphatic rings. The van der Waals surface area contributed by atoms with Crippen molar-refractivity contribution in [2.24, 2.45) is 14.1 Å². The second-order valence-corrected chi connectivity index (χ2v) is 3.40. The second-order valence-electron chi connectivity index (χ2n) is 3.40. The lowest BCUT2D eigenvalue weighted by Crippen LogP contribution is -2.37. The van der Waals surface area contributed by atoms with Crippen LogP contribution in [0.2, 0.25) is 0 Å². The Morgan fingerprint density at radius 1 is 1.31 bits per heavy atom. The van der Waals surface area contributed by atoms with E-state index in [0.717, 1.165) is 4.57 Å². The van der Waals surface area contributed by atoms with Crippen molar-refractivity contribution in [3.8, 4) is 0 Å². The SMILES string of the molecule is Cn1c(=O)c2ncc(CO)nc2n(C)c1=O. The Kier molecular flexibility index (Phi) is 2.31. The van der Waals surface area contributed by atoms with Crippen molar-refractivity contribution >= 4 is 11.2 Å². The molecule has 0 spiro atoms. The van der Waals surface area contributed by atoms with Crippen molar-refractivity contribution in [3.05, 3.63) is 32.7 Å². The van der Waals surface area contributed by atoms with E-state index in [1.807, 2.05) is 0 Å². The van der Waals surface area contributed by atoms with E-state index in [4.69, 9.17) is 5.11 Å².